The first-order valence-electron chi connectivity index (χ1n) is 5.91. The Morgan fingerprint density at radius 1 is 1.35 bits per heavy atom. The van der Waals surface area contributed by atoms with E-state index in [4.69, 9.17) is 4.42 Å². The average molecular weight is 235 g/mol. The average Bonchev–Trinajstić information content (AvgIpc) is 2.89. The summed E-state index contributed by atoms with van der Waals surface area (Å²) in [6.07, 6.45) is 1.08. The van der Waals surface area contributed by atoms with Gasteiger partial charge in [-0.25, -0.2) is 0 Å². The molecule has 0 amide bonds. The maximum Gasteiger partial charge on any atom is 0.151 e. The summed E-state index contributed by atoms with van der Waals surface area (Å²) in [5.74, 6) is 0. The standard InChI is InChI=1S/C12H17N3O2/c1-14-3-5-15(6-4-14)12(16)10-8-11-9(13-10)2-7-17-11/h2,7-8,12-13,16H,3-6H2,1H3. The van der Waals surface area contributed by atoms with E-state index in [-0.39, 0.29) is 0 Å². The van der Waals surface area contributed by atoms with Crippen LogP contribution in [0.15, 0.2) is 22.8 Å². The number of nitrogens with zero attached hydrogens (tertiary/aromatic N) is 2. The van der Waals surface area contributed by atoms with Crippen LogP contribution < -0.4 is 0 Å². The number of aromatic amines is 1. The van der Waals surface area contributed by atoms with E-state index in [0.717, 1.165) is 43.0 Å². The molecule has 1 atom stereocenters. The first-order chi connectivity index (χ1) is 8.24. The number of hydrogen-bond donors (Lipinski definition) is 2. The molecule has 5 heteroatoms. The summed E-state index contributed by atoms with van der Waals surface area (Å²) in [6, 6.07) is 3.74. The summed E-state index contributed by atoms with van der Waals surface area (Å²) in [5.41, 5.74) is 2.55. The molecule has 0 radical (unpaired) electrons. The molecule has 3 rings (SSSR count). The van der Waals surface area contributed by atoms with Crippen molar-refractivity contribution in [1.29, 1.82) is 0 Å². The van der Waals surface area contributed by atoms with E-state index >= 15 is 0 Å². The Bertz CT molecular complexity index is 468. The van der Waals surface area contributed by atoms with Crippen molar-refractivity contribution in [2.45, 2.75) is 6.23 Å². The van der Waals surface area contributed by atoms with Gasteiger partial charge in [-0.1, -0.05) is 0 Å². The lowest BCUT2D eigenvalue weighted by Gasteiger charge is -2.35. The van der Waals surface area contributed by atoms with E-state index in [2.05, 4.69) is 21.8 Å². The van der Waals surface area contributed by atoms with Crippen molar-refractivity contribution in [3.8, 4) is 0 Å². The molecule has 92 valence electrons. The van der Waals surface area contributed by atoms with Crippen molar-refractivity contribution in [2.24, 2.45) is 0 Å². The maximum atomic E-state index is 10.3. The molecule has 3 heterocycles. The van der Waals surface area contributed by atoms with Gasteiger partial charge in [0.2, 0.25) is 0 Å². The molecule has 2 aromatic heterocycles. The second kappa shape index (κ2) is 4.18. The number of likely N-dealkylation sites (N-methyl/N-ethyl adjacent to an activating group) is 1. The van der Waals surface area contributed by atoms with Crippen LogP contribution >= 0.6 is 0 Å². The van der Waals surface area contributed by atoms with Crippen LogP contribution in [0.3, 0.4) is 0 Å². The minimum Gasteiger partial charge on any atom is -0.463 e. The predicted octanol–water partition coefficient (Wildman–Crippen LogP) is 0.999. The smallest absolute Gasteiger partial charge is 0.151 e. The molecule has 2 aromatic rings. The molecular formula is C12H17N3O2. The Hall–Kier alpha value is -1.30. The third-order valence-corrected chi connectivity index (χ3v) is 3.42. The topological polar surface area (TPSA) is 55.6 Å². The summed E-state index contributed by atoms with van der Waals surface area (Å²) < 4.78 is 5.28. The van der Waals surface area contributed by atoms with Gasteiger partial charge in [-0.05, 0) is 7.05 Å². The predicted molar refractivity (Wildman–Crippen MR) is 64.6 cm³/mol. The summed E-state index contributed by atoms with van der Waals surface area (Å²) in [5, 5.41) is 10.3. The summed E-state index contributed by atoms with van der Waals surface area (Å²) >= 11 is 0. The molecule has 0 aromatic carbocycles. The number of aromatic nitrogens is 1. The zero-order valence-corrected chi connectivity index (χ0v) is 9.89. The highest BCUT2D eigenvalue weighted by Crippen LogP contribution is 2.23. The van der Waals surface area contributed by atoms with Gasteiger partial charge in [0.1, 0.15) is 6.23 Å². The fourth-order valence-corrected chi connectivity index (χ4v) is 2.27. The Labute approximate surface area is 99.6 Å². The Morgan fingerprint density at radius 2 is 2.12 bits per heavy atom. The quantitative estimate of drug-likeness (QED) is 0.815. The second-order valence-corrected chi connectivity index (χ2v) is 4.64. The van der Waals surface area contributed by atoms with Gasteiger partial charge in [0.05, 0.1) is 17.5 Å². The van der Waals surface area contributed by atoms with Crippen molar-refractivity contribution >= 4 is 11.1 Å². The lowest BCUT2D eigenvalue weighted by Crippen LogP contribution is -2.46. The molecule has 1 aliphatic heterocycles. The highest BCUT2D eigenvalue weighted by molar-refractivity contribution is 5.74. The number of rotatable bonds is 2. The van der Waals surface area contributed by atoms with Gasteiger partial charge in [0, 0.05) is 38.3 Å². The van der Waals surface area contributed by atoms with Crippen LogP contribution in [0.5, 0.6) is 0 Å². The van der Waals surface area contributed by atoms with Crippen LogP contribution in [-0.2, 0) is 0 Å². The van der Waals surface area contributed by atoms with Gasteiger partial charge in [-0.2, -0.15) is 0 Å². The molecule has 17 heavy (non-hydrogen) atoms. The number of H-pyrrole nitrogens is 1. The zero-order chi connectivity index (χ0) is 11.8. The lowest BCUT2D eigenvalue weighted by atomic mass is 10.2. The minimum atomic E-state index is -0.564. The molecule has 5 nitrogen and oxygen atoms in total. The van der Waals surface area contributed by atoms with Crippen LogP contribution in [0.2, 0.25) is 0 Å². The Kier molecular flexibility index (Phi) is 2.66. The van der Waals surface area contributed by atoms with E-state index in [1.165, 1.54) is 0 Å². The fraction of sp³-hybridized carbons (Fsp3) is 0.500. The highest BCUT2D eigenvalue weighted by atomic mass is 16.3. The molecule has 2 N–H and O–H groups in total. The van der Waals surface area contributed by atoms with Gasteiger partial charge in [-0.15, -0.1) is 0 Å². The van der Waals surface area contributed by atoms with Crippen molar-refractivity contribution < 1.29 is 9.52 Å². The van der Waals surface area contributed by atoms with E-state index in [1.54, 1.807) is 6.26 Å². The van der Waals surface area contributed by atoms with Gasteiger partial charge in [0.15, 0.2) is 5.58 Å². The maximum absolute atomic E-state index is 10.3. The first-order valence-corrected chi connectivity index (χ1v) is 5.91. The fourth-order valence-electron chi connectivity index (χ4n) is 2.27. The molecule has 1 aliphatic rings. The first kappa shape index (κ1) is 10.8. The van der Waals surface area contributed by atoms with Crippen LogP contribution in [0.1, 0.15) is 11.9 Å². The van der Waals surface area contributed by atoms with Gasteiger partial charge in [0.25, 0.3) is 0 Å². The molecule has 0 aliphatic carbocycles. The molecule has 0 spiro atoms. The van der Waals surface area contributed by atoms with E-state index in [0.29, 0.717) is 0 Å². The molecule has 1 unspecified atom stereocenters. The summed E-state index contributed by atoms with van der Waals surface area (Å²) in [6.45, 7) is 3.76. The molecule has 1 fully saturated rings. The van der Waals surface area contributed by atoms with Crippen molar-refractivity contribution in [2.75, 3.05) is 33.2 Å². The molecule has 0 bridgehead atoms. The highest BCUT2D eigenvalue weighted by Gasteiger charge is 2.23. The molecule has 0 saturated carbocycles. The third kappa shape index (κ3) is 1.97. The van der Waals surface area contributed by atoms with E-state index in [9.17, 15) is 5.11 Å². The van der Waals surface area contributed by atoms with Crippen molar-refractivity contribution in [1.82, 2.24) is 14.8 Å². The Balaban J connectivity index is 1.77. The van der Waals surface area contributed by atoms with E-state index in [1.807, 2.05) is 12.1 Å². The van der Waals surface area contributed by atoms with Crippen molar-refractivity contribution in [3.63, 3.8) is 0 Å². The SMILES string of the molecule is CN1CCN(C(O)c2cc3occc3[nH]2)CC1. The number of fused-ring (bicyclic) bond motifs is 1. The summed E-state index contributed by atoms with van der Waals surface area (Å²) in [7, 11) is 2.10. The molecular weight excluding hydrogens is 218 g/mol. The second-order valence-electron chi connectivity index (χ2n) is 4.64. The number of aliphatic hydroxyl groups excluding tert-OH is 1. The summed E-state index contributed by atoms with van der Waals surface area (Å²) in [4.78, 5) is 7.53. The van der Waals surface area contributed by atoms with Crippen LogP contribution in [0.25, 0.3) is 11.1 Å². The number of piperazine rings is 1. The number of furan rings is 1. The zero-order valence-electron chi connectivity index (χ0n) is 9.89. The number of nitrogens with one attached hydrogen (secondary N) is 1. The Morgan fingerprint density at radius 3 is 2.82 bits per heavy atom. The monoisotopic (exact) mass is 235 g/mol. The van der Waals surface area contributed by atoms with Gasteiger partial charge in [-0.3, -0.25) is 4.90 Å². The van der Waals surface area contributed by atoms with Crippen LogP contribution in [0, 0.1) is 0 Å². The van der Waals surface area contributed by atoms with Crippen molar-refractivity contribution in [3.05, 3.63) is 24.1 Å². The number of aliphatic hydroxyl groups is 1. The van der Waals surface area contributed by atoms with Crippen LogP contribution in [0.4, 0.5) is 0 Å². The normalized spacial score (nSPS) is 21.1. The van der Waals surface area contributed by atoms with Gasteiger partial charge >= 0.3 is 0 Å². The lowest BCUT2D eigenvalue weighted by molar-refractivity contribution is -0.0255. The van der Waals surface area contributed by atoms with E-state index < -0.39 is 6.23 Å². The largest absolute Gasteiger partial charge is 0.463 e. The minimum absolute atomic E-state index is 0.564. The number of hydrogen-bond acceptors (Lipinski definition) is 4. The van der Waals surface area contributed by atoms with Gasteiger partial charge < -0.3 is 19.4 Å². The third-order valence-electron chi connectivity index (χ3n) is 3.42. The molecule has 1 saturated heterocycles. The van der Waals surface area contributed by atoms with Crippen LogP contribution in [-0.4, -0.2) is 53.1 Å².